The molecular formula is C30H48O4. The number of rotatable bonds is 1. The van der Waals surface area contributed by atoms with Gasteiger partial charge >= 0.3 is 0 Å². The third-order valence-electron chi connectivity index (χ3n) is 12.9. The van der Waals surface area contributed by atoms with E-state index in [9.17, 15) is 20.1 Å². The summed E-state index contributed by atoms with van der Waals surface area (Å²) >= 11 is 0. The Bertz CT molecular complexity index is 905. The minimum Gasteiger partial charge on any atom is -0.393 e. The molecule has 0 aromatic carbocycles. The molecule has 0 spiro atoms. The van der Waals surface area contributed by atoms with Crippen molar-refractivity contribution in [1.82, 2.24) is 0 Å². The van der Waals surface area contributed by atoms with Crippen LogP contribution in [0, 0.1) is 50.2 Å². The van der Waals surface area contributed by atoms with Crippen molar-refractivity contribution in [3.05, 3.63) is 11.6 Å². The summed E-state index contributed by atoms with van der Waals surface area (Å²) in [4.78, 5) is 12.7. The van der Waals surface area contributed by atoms with E-state index in [1.54, 1.807) is 0 Å². The van der Waals surface area contributed by atoms with E-state index in [1.165, 1.54) is 5.57 Å². The molecule has 10 atom stereocenters. The number of aliphatic hydroxyl groups excluding tert-OH is 3. The second kappa shape index (κ2) is 7.19. The zero-order valence-electron chi connectivity index (χ0n) is 22.5. The fourth-order valence-electron chi connectivity index (χ4n) is 10.8. The van der Waals surface area contributed by atoms with Gasteiger partial charge in [-0.1, -0.05) is 60.1 Å². The van der Waals surface area contributed by atoms with Crippen LogP contribution in [0.1, 0.15) is 99.8 Å². The van der Waals surface area contributed by atoms with Gasteiger partial charge in [0.2, 0.25) is 0 Å². The molecule has 4 saturated carbocycles. The predicted octanol–water partition coefficient (Wildman–Crippen LogP) is 5.29. The minimum absolute atomic E-state index is 0.0171. The van der Waals surface area contributed by atoms with E-state index in [4.69, 9.17) is 0 Å². The van der Waals surface area contributed by atoms with E-state index < -0.39 is 17.6 Å². The van der Waals surface area contributed by atoms with Crippen molar-refractivity contribution in [3.63, 3.8) is 0 Å². The molecule has 0 bridgehead atoms. The molecule has 4 heteroatoms. The van der Waals surface area contributed by atoms with Gasteiger partial charge in [0.15, 0.2) is 0 Å². The molecule has 5 aliphatic rings. The van der Waals surface area contributed by atoms with Crippen LogP contribution in [0.5, 0.6) is 0 Å². The highest BCUT2D eigenvalue weighted by molar-refractivity contribution is 5.65. The van der Waals surface area contributed by atoms with Gasteiger partial charge in [-0.2, -0.15) is 0 Å². The number of carbonyl (C=O) groups excluding carboxylic acids is 1. The summed E-state index contributed by atoms with van der Waals surface area (Å²) in [5.41, 5.74) is 0.0679. The smallest absolute Gasteiger partial charge is 0.131 e. The highest BCUT2D eigenvalue weighted by atomic mass is 16.3. The van der Waals surface area contributed by atoms with Gasteiger partial charge in [-0.25, -0.2) is 0 Å². The monoisotopic (exact) mass is 472 g/mol. The Hall–Kier alpha value is -0.710. The number of hydrogen-bond acceptors (Lipinski definition) is 4. The summed E-state index contributed by atoms with van der Waals surface area (Å²) in [5, 5.41) is 33.8. The van der Waals surface area contributed by atoms with E-state index in [1.807, 2.05) is 0 Å². The molecule has 4 nitrogen and oxygen atoms in total. The average molecular weight is 473 g/mol. The third kappa shape index (κ3) is 2.80. The number of aldehydes is 1. The molecule has 3 N–H and O–H groups in total. The Labute approximate surface area is 206 Å². The summed E-state index contributed by atoms with van der Waals surface area (Å²) in [6.45, 7) is 16.2. The normalized spacial score (nSPS) is 55.6. The maximum Gasteiger partial charge on any atom is 0.131 e. The van der Waals surface area contributed by atoms with E-state index in [0.29, 0.717) is 24.7 Å². The third-order valence-corrected chi connectivity index (χ3v) is 12.9. The molecule has 0 aromatic rings. The van der Waals surface area contributed by atoms with Gasteiger partial charge in [-0.3, -0.25) is 0 Å². The number of hydrogen-bond donors (Lipinski definition) is 3. The number of fused-ring (bicyclic) bond motifs is 7. The van der Waals surface area contributed by atoms with Crippen molar-refractivity contribution in [2.24, 2.45) is 50.2 Å². The summed E-state index contributed by atoms with van der Waals surface area (Å²) in [5.74, 6) is 0.862. The van der Waals surface area contributed by atoms with Crippen LogP contribution in [0.3, 0.4) is 0 Å². The molecule has 4 fully saturated rings. The topological polar surface area (TPSA) is 77.8 Å². The Balaban J connectivity index is 1.63. The lowest BCUT2D eigenvalue weighted by atomic mass is 9.33. The second-order valence-electron chi connectivity index (χ2n) is 15.1. The minimum atomic E-state index is -1.08. The van der Waals surface area contributed by atoms with Crippen LogP contribution in [0.4, 0.5) is 0 Å². The first-order valence-corrected chi connectivity index (χ1v) is 13.8. The van der Waals surface area contributed by atoms with Gasteiger partial charge in [0.25, 0.3) is 0 Å². The maximum absolute atomic E-state index is 12.7. The predicted molar refractivity (Wildman–Crippen MR) is 134 cm³/mol. The molecule has 0 saturated heterocycles. The molecule has 0 amide bonds. The summed E-state index contributed by atoms with van der Waals surface area (Å²) in [6, 6.07) is 0. The lowest BCUT2D eigenvalue weighted by molar-refractivity contribution is -0.223. The lowest BCUT2D eigenvalue weighted by Gasteiger charge is -2.71. The largest absolute Gasteiger partial charge is 0.393 e. The van der Waals surface area contributed by atoms with Gasteiger partial charge in [-0.15, -0.1) is 0 Å². The van der Waals surface area contributed by atoms with Crippen LogP contribution >= 0.6 is 0 Å². The van der Waals surface area contributed by atoms with Crippen molar-refractivity contribution in [2.75, 3.05) is 0 Å². The molecule has 0 aliphatic heterocycles. The van der Waals surface area contributed by atoms with Crippen LogP contribution in [-0.2, 0) is 4.79 Å². The maximum atomic E-state index is 12.7. The molecule has 5 aliphatic carbocycles. The number of allylic oxidation sites excluding steroid dienone is 2. The first-order chi connectivity index (χ1) is 15.6. The van der Waals surface area contributed by atoms with Gasteiger partial charge < -0.3 is 20.1 Å². The van der Waals surface area contributed by atoms with Crippen molar-refractivity contribution < 1.29 is 20.1 Å². The quantitative estimate of drug-likeness (QED) is 0.358. The molecule has 0 radical (unpaired) electrons. The van der Waals surface area contributed by atoms with Crippen LogP contribution in [0.2, 0.25) is 0 Å². The Kier molecular flexibility index (Phi) is 5.28. The number of aliphatic hydroxyl groups is 3. The summed E-state index contributed by atoms with van der Waals surface area (Å²) < 4.78 is 0. The molecule has 34 heavy (non-hydrogen) atoms. The van der Waals surface area contributed by atoms with E-state index in [-0.39, 0.29) is 39.1 Å². The SMILES string of the molecule is CC1(C)C[C@H](O)[C@]2(C=O)[C@H](O)C[C@]3(C)C(=CC[C@H]4[C@@]5(C)CC[C@H](O)C(C)(C)[C@@H]5CC[C@]43C)[C@@H]2C1. The van der Waals surface area contributed by atoms with Crippen LogP contribution in [0.15, 0.2) is 11.6 Å². The van der Waals surface area contributed by atoms with E-state index in [2.05, 4.69) is 54.5 Å². The Morgan fingerprint density at radius 2 is 1.47 bits per heavy atom. The van der Waals surface area contributed by atoms with Gasteiger partial charge in [0, 0.05) is 0 Å². The molecule has 0 heterocycles. The molecule has 0 aromatic heterocycles. The zero-order chi connectivity index (χ0) is 25.1. The van der Waals surface area contributed by atoms with Gasteiger partial charge in [-0.05, 0) is 96.2 Å². The van der Waals surface area contributed by atoms with Crippen molar-refractivity contribution in [1.29, 1.82) is 0 Å². The fourth-order valence-corrected chi connectivity index (χ4v) is 10.8. The zero-order valence-corrected chi connectivity index (χ0v) is 22.5. The highest BCUT2D eigenvalue weighted by Gasteiger charge is 2.71. The van der Waals surface area contributed by atoms with E-state index in [0.717, 1.165) is 44.8 Å². The molecular weight excluding hydrogens is 424 g/mol. The first kappa shape index (κ1) is 25.0. The number of carbonyl (C=O) groups is 1. The van der Waals surface area contributed by atoms with Crippen LogP contribution in [0.25, 0.3) is 0 Å². The van der Waals surface area contributed by atoms with Gasteiger partial charge in [0.1, 0.15) is 6.29 Å². The summed E-state index contributed by atoms with van der Waals surface area (Å²) in [6.07, 6.45) is 8.53. The summed E-state index contributed by atoms with van der Waals surface area (Å²) in [7, 11) is 0. The van der Waals surface area contributed by atoms with Gasteiger partial charge in [0.05, 0.1) is 23.7 Å². The lowest BCUT2D eigenvalue weighted by Crippen LogP contribution is -2.68. The average Bonchev–Trinajstić information content (AvgIpc) is 2.71. The van der Waals surface area contributed by atoms with Crippen LogP contribution < -0.4 is 0 Å². The van der Waals surface area contributed by atoms with Crippen molar-refractivity contribution >= 4 is 6.29 Å². The molecule has 192 valence electrons. The molecule has 5 rings (SSSR count). The van der Waals surface area contributed by atoms with Crippen molar-refractivity contribution in [2.45, 2.75) is 118 Å². The highest BCUT2D eigenvalue weighted by Crippen LogP contribution is 2.75. The first-order valence-electron chi connectivity index (χ1n) is 13.8. The Morgan fingerprint density at radius 1 is 0.824 bits per heavy atom. The molecule has 0 unspecified atom stereocenters. The Morgan fingerprint density at radius 3 is 2.12 bits per heavy atom. The standard InChI is InChI=1S/C30H48O4/c1-25(2)14-19-18-8-9-21-27(5)12-11-22(32)26(3,4)20(27)10-13-28(21,6)29(18,7)16-24(34)30(19,17-31)23(33)15-25/h8,17,19-24,32-34H,9-16H2,1-7H3/t19-,20-,21-,22-,23-,24+,27-,28+,29+,30+/m0/s1. The van der Waals surface area contributed by atoms with Crippen LogP contribution in [-0.4, -0.2) is 39.9 Å². The van der Waals surface area contributed by atoms with E-state index >= 15 is 0 Å². The fraction of sp³-hybridized carbons (Fsp3) is 0.900. The van der Waals surface area contributed by atoms with Crippen molar-refractivity contribution in [3.8, 4) is 0 Å². The second-order valence-corrected chi connectivity index (χ2v) is 15.1.